The Morgan fingerprint density at radius 3 is 1.92 bits per heavy atom. The van der Waals surface area contributed by atoms with Crippen molar-refractivity contribution in [1.82, 2.24) is 26.2 Å². The number of phenolic OH excluding ortho intramolecular Hbond substituents is 1. The van der Waals surface area contributed by atoms with Crippen molar-refractivity contribution in [2.45, 2.75) is 160 Å². The minimum Gasteiger partial charge on any atom is -0.508 e. The second-order valence-electron chi connectivity index (χ2n) is 14.3. The SMILES string of the molecule is CCCCCCCCCCCCCC(=O)CN[C@H](C(=O)N[C@@H](C)C(=O)N[C@@H](C)C(=O)N1CCC[C@H]1C(=O)N[C@@H](Cc1ccc(O)cc1)C(=O)O)[C@@H](C)O. The molecule has 14 heteroatoms. The minimum absolute atomic E-state index is 0.0248. The van der Waals surface area contributed by atoms with Crippen LogP contribution in [0.2, 0.25) is 0 Å². The van der Waals surface area contributed by atoms with Gasteiger partial charge in [0.1, 0.15) is 41.7 Å². The normalized spacial score (nSPS) is 16.9. The molecular weight excluding hydrogens is 682 g/mol. The van der Waals surface area contributed by atoms with Crippen molar-refractivity contribution < 1.29 is 44.1 Å². The average molecular weight is 746 g/mol. The van der Waals surface area contributed by atoms with Crippen molar-refractivity contribution in [1.29, 1.82) is 0 Å². The zero-order valence-electron chi connectivity index (χ0n) is 32.0. The van der Waals surface area contributed by atoms with Gasteiger partial charge in [0.2, 0.25) is 23.6 Å². The summed E-state index contributed by atoms with van der Waals surface area (Å²) in [5.74, 6) is -3.82. The molecule has 14 nitrogen and oxygen atoms in total. The molecule has 0 radical (unpaired) electrons. The highest BCUT2D eigenvalue weighted by Gasteiger charge is 2.38. The maximum Gasteiger partial charge on any atom is 0.326 e. The second-order valence-corrected chi connectivity index (χ2v) is 14.3. The van der Waals surface area contributed by atoms with Gasteiger partial charge in [0.15, 0.2) is 0 Å². The van der Waals surface area contributed by atoms with E-state index in [-0.39, 0.29) is 31.0 Å². The van der Waals surface area contributed by atoms with Crippen LogP contribution in [0, 0.1) is 0 Å². The number of carbonyl (C=O) groups is 6. The summed E-state index contributed by atoms with van der Waals surface area (Å²) >= 11 is 0. The fourth-order valence-electron chi connectivity index (χ4n) is 6.44. The van der Waals surface area contributed by atoms with E-state index in [0.29, 0.717) is 24.8 Å². The number of ketones is 1. The molecule has 0 aromatic heterocycles. The van der Waals surface area contributed by atoms with Crippen LogP contribution in [0.5, 0.6) is 5.75 Å². The first-order valence-corrected chi connectivity index (χ1v) is 19.4. The predicted molar refractivity (Wildman–Crippen MR) is 201 cm³/mol. The van der Waals surface area contributed by atoms with E-state index in [9.17, 15) is 44.1 Å². The molecule has 6 atom stereocenters. The first-order valence-electron chi connectivity index (χ1n) is 19.4. The molecule has 53 heavy (non-hydrogen) atoms. The van der Waals surface area contributed by atoms with Crippen LogP contribution in [-0.2, 0) is 35.2 Å². The summed E-state index contributed by atoms with van der Waals surface area (Å²) in [5, 5.41) is 39.9. The van der Waals surface area contributed by atoms with Crippen LogP contribution in [0.1, 0.15) is 123 Å². The van der Waals surface area contributed by atoms with Gasteiger partial charge in [0.25, 0.3) is 0 Å². The molecule has 1 aromatic rings. The molecule has 1 aliphatic rings. The standard InChI is InChI=1S/C39H63N5O9/c1-5-6-7-8-9-10-11-12-13-14-15-17-31(47)25-40-34(28(4)45)37(50)41-26(2)35(48)42-27(3)38(51)44-23-16-18-33(44)36(49)43-32(39(52)53)24-29-19-21-30(46)22-20-29/h19-22,26-28,32-34,40,45-46H,5-18,23-25H2,1-4H3,(H,41,50)(H,42,48)(H,43,49)(H,52,53)/t26-,27-,28+,32-,33-,34-/m0/s1. The number of likely N-dealkylation sites (tertiary alicyclic amines) is 1. The number of nitrogens with one attached hydrogen (secondary N) is 4. The monoisotopic (exact) mass is 745 g/mol. The van der Waals surface area contributed by atoms with Crippen molar-refractivity contribution in [3.63, 3.8) is 0 Å². The number of aliphatic hydroxyl groups is 1. The number of hydrogen-bond acceptors (Lipinski definition) is 9. The lowest BCUT2D eigenvalue weighted by atomic mass is 10.0. The van der Waals surface area contributed by atoms with Gasteiger partial charge in [-0.15, -0.1) is 0 Å². The molecule has 1 saturated heterocycles. The van der Waals surface area contributed by atoms with Gasteiger partial charge in [-0.1, -0.05) is 83.3 Å². The summed E-state index contributed by atoms with van der Waals surface area (Å²) in [5.41, 5.74) is 0.589. The number of amides is 4. The number of carbonyl (C=O) groups excluding carboxylic acids is 5. The number of benzene rings is 1. The molecule has 0 saturated carbocycles. The van der Waals surface area contributed by atoms with Gasteiger partial charge >= 0.3 is 5.97 Å². The summed E-state index contributed by atoms with van der Waals surface area (Å²) in [4.78, 5) is 78.2. The molecule has 1 fully saturated rings. The Morgan fingerprint density at radius 2 is 1.36 bits per heavy atom. The Hall–Kier alpha value is -4.04. The molecule has 298 valence electrons. The van der Waals surface area contributed by atoms with E-state index < -0.39 is 65.9 Å². The molecule has 0 aliphatic carbocycles. The molecular formula is C39H63N5O9. The van der Waals surface area contributed by atoms with E-state index >= 15 is 0 Å². The van der Waals surface area contributed by atoms with Crippen LogP contribution >= 0.6 is 0 Å². The van der Waals surface area contributed by atoms with Gasteiger partial charge in [-0.25, -0.2) is 4.79 Å². The van der Waals surface area contributed by atoms with Crippen LogP contribution in [0.25, 0.3) is 0 Å². The van der Waals surface area contributed by atoms with E-state index in [0.717, 1.165) is 25.7 Å². The third-order valence-corrected chi connectivity index (χ3v) is 9.65. The highest BCUT2D eigenvalue weighted by molar-refractivity contribution is 5.95. The summed E-state index contributed by atoms with van der Waals surface area (Å²) in [6.45, 7) is 6.64. The third-order valence-electron chi connectivity index (χ3n) is 9.65. The van der Waals surface area contributed by atoms with Crippen molar-refractivity contribution >= 4 is 35.4 Å². The van der Waals surface area contributed by atoms with E-state index in [1.54, 1.807) is 12.1 Å². The zero-order valence-corrected chi connectivity index (χ0v) is 32.0. The van der Waals surface area contributed by atoms with Gasteiger partial charge in [-0.3, -0.25) is 29.3 Å². The molecule has 1 aliphatic heterocycles. The largest absolute Gasteiger partial charge is 0.508 e. The van der Waals surface area contributed by atoms with Crippen LogP contribution in [0.4, 0.5) is 0 Å². The van der Waals surface area contributed by atoms with Crippen molar-refractivity contribution in [2.75, 3.05) is 13.1 Å². The Bertz CT molecular complexity index is 1320. The molecule has 1 heterocycles. The number of nitrogens with zero attached hydrogens (tertiary/aromatic N) is 1. The number of carboxylic acid groups (broad SMARTS) is 1. The number of aliphatic carboxylic acids is 1. The number of hydrogen-bond donors (Lipinski definition) is 7. The fourth-order valence-corrected chi connectivity index (χ4v) is 6.44. The molecule has 7 N–H and O–H groups in total. The fraction of sp³-hybridized carbons (Fsp3) is 0.692. The van der Waals surface area contributed by atoms with E-state index in [2.05, 4.69) is 28.2 Å². The van der Waals surface area contributed by atoms with Crippen molar-refractivity contribution in [2.24, 2.45) is 0 Å². The number of carboxylic acids is 1. The van der Waals surface area contributed by atoms with Crippen LogP contribution in [-0.4, -0.2) is 105 Å². The van der Waals surface area contributed by atoms with Crippen molar-refractivity contribution in [3.05, 3.63) is 29.8 Å². The van der Waals surface area contributed by atoms with Crippen molar-refractivity contribution in [3.8, 4) is 5.75 Å². The minimum atomic E-state index is -1.27. The maximum atomic E-state index is 13.4. The van der Waals surface area contributed by atoms with E-state index in [1.807, 2.05) is 0 Å². The third kappa shape index (κ3) is 16.7. The summed E-state index contributed by atoms with van der Waals surface area (Å²) in [6, 6.07) is 0.443. The topological polar surface area (TPSA) is 214 Å². The van der Waals surface area contributed by atoms with Gasteiger partial charge in [0, 0.05) is 19.4 Å². The molecule has 4 amide bonds. The number of phenols is 1. The maximum absolute atomic E-state index is 13.4. The van der Waals surface area contributed by atoms with Crippen LogP contribution in [0.3, 0.4) is 0 Å². The number of rotatable bonds is 26. The smallest absolute Gasteiger partial charge is 0.326 e. The highest BCUT2D eigenvalue weighted by atomic mass is 16.4. The quantitative estimate of drug-likeness (QED) is 0.0688. The Morgan fingerprint density at radius 1 is 0.792 bits per heavy atom. The molecule has 0 unspecified atom stereocenters. The number of aromatic hydroxyl groups is 1. The average Bonchev–Trinajstić information content (AvgIpc) is 3.61. The Kier molecular flexibility index (Phi) is 20.7. The van der Waals surface area contributed by atoms with Crippen LogP contribution < -0.4 is 21.3 Å². The predicted octanol–water partition coefficient (Wildman–Crippen LogP) is 3.11. The van der Waals surface area contributed by atoms with Gasteiger partial charge in [0.05, 0.1) is 12.6 Å². The molecule has 1 aromatic carbocycles. The first-order chi connectivity index (χ1) is 25.2. The zero-order chi connectivity index (χ0) is 39.3. The number of Topliss-reactive ketones (excluding diaryl/α,β-unsaturated/α-hetero) is 1. The van der Waals surface area contributed by atoms with Crippen LogP contribution in [0.15, 0.2) is 24.3 Å². The Labute approximate surface area is 314 Å². The Balaban J connectivity index is 1.78. The lowest BCUT2D eigenvalue weighted by Gasteiger charge is -2.29. The number of aliphatic hydroxyl groups excluding tert-OH is 1. The first kappa shape index (κ1) is 45.1. The molecule has 0 spiro atoms. The highest BCUT2D eigenvalue weighted by Crippen LogP contribution is 2.20. The second kappa shape index (κ2) is 24.3. The molecule has 2 rings (SSSR count). The van der Waals surface area contributed by atoms with Gasteiger partial charge in [-0.05, 0) is 57.7 Å². The van der Waals surface area contributed by atoms with Gasteiger partial charge in [-0.2, -0.15) is 0 Å². The summed E-state index contributed by atoms with van der Waals surface area (Å²) < 4.78 is 0. The molecule has 0 bridgehead atoms. The van der Waals surface area contributed by atoms with Gasteiger partial charge < -0.3 is 36.2 Å². The lowest BCUT2D eigenvalue weighted by Crippen LogP contribution is -2.58. The van der Waals surface area contributed by atoms with E-state index in [4.69, 9.17) is 0 Å². The summed E-state index contributed by atoms with van der Waals surface area (Å²) in [7, 11) is 0. The summed E-state index contributed by atoms with van der Waals surface area (Å²) in [6.07, 6.45) is 12.9. The van der Waals surface area contributed by atoms with E-state index in [1.165, 1.54) is 82.7 Å². The number of unbranched alkanes of at least 4 members (excludes halogenated alkanes) is 10. The lowest BCUT2D eigenvalue weighted by molar-refractivity contribution is -0.144.